The van der Waals surface area contributed by atoms with Gasteiger partial charge in [-0.25, -0.2) is 4.39 Å². The first kappa shape index (κ1) is 13.9. The van der Waals surface area contributed by atoms with Crippen LogP contribution >= 0.6 is 0 Å². The van der Waals surface area contributed by atoms with Crippen LogP contribution in [0.2, 0.25) is 0 Å². The van der Waals surface area contributed by atoms with E-state index in [-0.39, 0.29) is 11.3 Å². The van der Waals surface area contributed by atoms with E-state index in [1.807, 2.05) is 0 Å². The maximum atomic E-state index is 13.6. The largest absolute Gasteiger partial charge is 0.495 e. The predicted molar refractivity (Wildman–Crippen MR) is 73.9 cm³/mol. The van der Waals surface area contributed by atoms with Gasteiger partial charge in [0.15, 0.2) is 11.6 Å². The summed E-state index contributed by atoms with van der Waals surface area (Å²) in [6, 6.07) is 11.0. The van der Waals surface area contributed by atoms with Crippen molar-refractivity contribution in [1.82, 2.24) is 0 Å². The van der Waals surface area contributed by atoms with Crippen molar-refractivity contribution in [2.75, 3.05) is 19.5 Å². The number of amides is 1. The first-order valence-electron chi connectivity index (χ1n) is 5.93. The second kappa shape index (κ2) is 6.06. The average molecular weight is 275 g/mol. The van der Waals surface area contributed by atoms with E-state index >= 15 is 0 Å². The fourth-order valence-electron chi connectivity index (χ4n) is 1.75. The molecule has 0 aromatic heterocycles. The lowest BCUT2D eigenvalue weighted by Gasteiger charge is -2.10. The van der Waals surface area contributed by atoms with E-state index < -0.39 is 11.7 Å². The third-order valence-corrected chi connectivity index (χ3v) is 2.77. The Hall–Kier alpha value is -2.56. The van der Waals surface area contributed by atoms with Crippen LogP contribution in [0.25, 0.3) is 0 Å². The van der Waals surface area contributed by atoms with Gasteiger partial charge in [0.25, 0.3) is 5.91 Å². The van der Waals surface area contributed by atoms with Crippen molar-refractivity contribution in [3.05, 3.63) is 53.8 Å². The lowest BCUT2D eigenvalue weighted by molar-refractivity contribution is 0.102. The van der Waals surface area contributed by atoms with Gasteiger partial charge in [-0.2, -0.15) is 0 Å². The Kier molecular flexibility index (Phi) is 4.20. The molecular weight excluding hydrogens is 261 g/mol. The number of rotatable bonds is 4. The monoisotopic (exact) mass is 275 g/mol. The molecule has 0 fully saturated rings. The SMILES string of the molecule is COc1ccc(C(=O)Nc2ccccc2OC)cc1F. The Morgan fingerprint density at radius 1 is 1.05 bits per heavy atom. The number of hydrogen-bond acceptors (Lipinski definition) is 3. The average Bonchev–Trinajstić information content (AvgIpc) is 2.47. The standard InChI is InChI=1S/C15H14FNO3/c1-19-13-8-7-10(9-11(13)16)15(18)17-12-5-3-4-6-14(12)20-2/h3-9H,1-2H3,(H,17,18). The summed E-state index contributed by atoms with van der Waals surface area (Å²) in [5.74, 6) is -0.370. The van der Waals surface area contributed by atoms with E-state index in [1.165, 1.54) is 26.4 Å². The van der Waals surface area contributed by atoms with Gasteiger partial charge in [-0.3, -0.25) is 4.79 Å². The number of para-hydroxylation sites is 2. The highest BCUT2D eigenvalue weighted by molar-refractivity contribution is 6.05. The van der Waals surface area contributed by atoms with E-state index in [2.05, 4.69) is 5.32 Å². The molecule has 2 rings (SSSR count). The molecule has 0 saturated heterocycles. The summed E-state index contributed by atoms with van der Waals surface area (Å²) in [6.07, 6.45) is 0. The Balaban J connectivity index is 2.22. The van der Waals surface area contributed by atoms with Gasteiger partial charge in [0.2, 0.25) is 0 Å². The molecule has 1 amide bonds. The van der Waals surface area contributed by atoms with Gasteiger partial charge in [0, 0.05) is 5.56 Å². The van der Waals surface area contributed by atoms with Gasteiger partial charge in [-0.15, -0.1) is 0 Å². The number of methoxy groups -OCH3 is 2. The molecule has 20 heavy (non-hydrogen) atoms. The smallest absolute Gasteiger partial charge is 0.255 e. The molecule has 0 bridgehead atoms. The van der Waals surface area contributed by atoms with Gasteiger partial charge < -0.3 is 14.8 Å². The van der Waals surface area contributed by atoms with Gasteiger partial charge in [0.1, 0.15) is 5.75 Å². The van der Waals surface area contributed by atoms with Crippen molar-refractivity contribution in [2.24, 2.45) is 0 Å². The Bertz CT molecular complexity index is 628. The fraction of sp³-hybridized carbons (Fsp3) is 0.133. The van der Waals surface area contributed by atoms with E-state index in [0.717, 1.165) is 6.07 Å². The minimum absolute atomic E-state index is 0.0961. The Morgan fingerprint density at radius 3 is 2.40 bits per heavy atom. The lowest BCUT2D eigenvalue weighted by Crippen LogP contribution is -2.13. The quantitative estimate of drug-likeness (QED) is 0.932. The summed E-state index contributed by atoms with van der Waals surface area (Å²) in [5, 5.41) is 2.67. The second-order valence-corrected chi connectivity index (χ2v) is 4.00. The van der Waals surface area contributed by atoms with E-state index in [0.29, 0.717) is 11.4 Å². The van der Waals surface area contributed by atoms with Gasteiger partial charge in [0.05, 0.1) is 19.9 Å². The van der Waals surface area contributed by atoms with Gasteiger partial charge >= 0.3 is 0 Å². The van der Waals surface area contributed by atoms with Crippen molar-refractivity contribution in [2.45, 2.75) is 0 Å². The highest BCUT2D eigenvalue weighted by atomic mass is 19.1. The molecule has 0 aliphatic rings. The van der Waals surface area contributed by atoms with E-state index in [1.54, 1.807) is 24.3 Å². The van der Waals surface area contributed by atoms with Crippen LogP contribution in [0.4, 0.5) is 10.1 Å². The first-order valence-corrected chi connectivity index (χ1v) is 5.93. The van der Waals surface area contributed by atoms with Crippen LogP contribution in [0.3, 0.4) is 0 Å². The number of carbonyl (C=O) groups excluding carboxylic acids is 1. The summed E-state index contributed by atoms with van der Waals surface area (Å²) in [6.45, 7) is 0. The van der Waals surface area contributed by atoms with Crippen molar-refractivity contribution in [3.8, 4) is 11.5 Å². The van der Waals surface area contributed by atoms with Gasteiger partial charge in [-0.05, 0) is 30.3 Å². The summed E-state index contributed by atoms with van der Waals surface area (Å²) in [5.41, 5.74) is 0.727. The highest BCUT2D eigenvalue weighted by Gasteiger charge is 2.12. The molecular formula is C15H14FNO3. The molecule has 2 aromatic rings. The molecule has 0 saturated carbocycles. The van der Waals surface area contributed by atoms with Crippen LogP contribution in [0.1, 0.15) is 10.4 Å². The normalized spacial score (nSPS) is 9.95. The van der Waals surface area contributed by atoms with Crippen LogP contribution in [-0.4, -0.2) is 20.1 Å². The number of halogens is 1. The third kappa shape index (κ3) is 2.88. The van der Waals surface area contributed by atoms with E-state index in [4.69, 9.17) is 9.47 Å². The maximum absolute atomic E-state index is 13.6. The number of hydrogen-bond donors (Lipinski definition) is 1. The third-order valence-electron chi connectivity index (χ3n) is 2.77. The lowest BCUT2D eigenvalue weighted by atomic mass is 10.2. The molecule has 4 nitrogen and oxygen atoms in total. The van der Waals surface area contributed by atoms with Gasteiger partial charge in [-0.1, -0.05) is 12.1 Å². The molecule has 0 aliphatic heterocycles. The van der Waals surface area contributed by atoms with Crippen molar-refractivity contribution in [1.29, 1.82) is 0 Å². The van der Waals surface area contributed by atoms with Crippen LogP contribution in [0, 0.1) is 5.82 Å². The minimum atomic E-state index is -0.583. The highest BCUT2D eigenvalue weighted by Crippen LogP contribution is 2.24. The van der Waals surface area contributed by atoms with Crippen LogP contribution < -0.4 is 14.8 Å². The molecule has 1 N–H and O–H groups in total. The molecule has 0 spiro atoms. The molecule has 104 valence electrons. The van der Waals surface area contributed by atoms with Crippen molar-refractivity contribution in [3.63, 3.8) is 0 Å². The zero-order chi connectivity index (χ0) is 14.5. The summed E-state index contributed by atoms with van der Waals surface area (Å²) >= 11 is 0. The molecule has 0 unspecified atom stereocenters. The minimum Gasteiger partial charge on any atom is -0.495 e. The number of benzene rings is 2. The van der Waals surface area contributed by atoms with Crippen molar-refractivity contribution >= 4 is 11.6 Å². The summed E-state index contributed by atoms with van der Waals surface area (Å²) in [7, 11) is 2.88. The number of ether oxygens (including phenoxy) is 2. The van der Waals surface area contributed by atoms with Crippen LogP contribution in [-0.2, 0) is 0 Å². The Labute approximate surface area is 116 Å². The van der Waals surface area contributed by atoms with Crippen molar-refractivity contribution < 1.29 is 18.7 Å². The predicted octanol–water partition coefficient (Wildman–Crippen LogP) is 3.10. The molecule has 2 aromatic carbocycles. The Morgan fingerprint density at radius 2 is 1.75 bits per heavy atom. The molecule has 0 aliphatic carbocycles. The van der Waals surface area contributed by atoms with E-state index in [9.17, 15) is 9.18 Å². The molecule has 0 atom stereocenters. The topological polar surface area (TPSA) is 47.6 Å². The fourth-order valence-corrected chi connectivity index (χ4v) is 1.75. The number of anilines is 1. The summed E-state index contributed by atoms with van der Waals surface area (Å²) < 4.78 is 23.5. The zero-order valence-electron chi connectivity index (χ0n) is 11.1. The summed E-state index contributed by atoms with van der Waals surface area (Å²) in [4.78, 5) is 12.1. The van der Waals surface area contributed by atoms with Crippen LogP contribution in [0.15, 0.2) is 42.5 Å². The molecule has 5 heteroatoms. The maximum Gasteiger partial charge on any atom is 0.255 e. The first-order chi connectivity index (χ1) is 9.65. The van der Waals surface area contributed by atoms with Crippen LogP contribution in [0.5, 0.6) is 11.5 Å². The second-order valence-electron chi connectivity index (χ2n) is 4.00. The number of nitrogens with one attached hydrogen (secondary N) is 1. The molecule has 0 radical (unpaired) electrons. The zero-order valence-corrected chi connectivity index (χ0v) is 11.1. The number of carbonyl (C=O) groups is 1. The molecule has 0 heterocycles.